The SMILES string of the molecule is Cc1ccc(N2C[C@@H](C)N(C(=O)CCl)C[C@@H]2C)cc1. The molecule has 1 aliphatic heterocycles. The Kier molecular flexibility index (Phi) is 4.35. The number of halogens is 1. The highest BCUT2D eigenvalue weighted by Gasteiger charge is 2.31. The van der Waals surface area contributed by atoms with E-state index in [9.17, 15) is 4.79 Å². The van der Waals surface area contributed by atoms with Gasteiger partial charge in [0.05, 0.1) is 0 Å². The fourth-order valence-electron chi connectivity index (χ4n) is 2.65. The summed E-state index contributed by atoms with van der Waals surface area (Å²) < 4.78 is 0. The van der Waals surface area contributed by atoms with Gasteiger partial charge in [0.25, 0.3) is 0 Å². The highest BCUT2D eigenvalue weighted by molar-refractivity contribution is 6.27. The standard InChI is InChI=1S/C15H21ClN2O/c1-11-4-6-14(7-5-11)17-9-13(3)18(10-12(17)2)15(19)8-16/h4-7,12-13H,8-10H2,1-3H3/t12-,13+/m0/s1. The molecule has 0 aliphatic carbocycles. The predicted molar refractivity (Wildman–Crippen MR) is 79.9 cm³/mol. The van der Waals surface area contributed by atoms with Crippen LogP contribution in [-0.2, 0) is 4.79 Å². The van der Waals surface area contributed by atoms with E-state index in [0.717, 1.165) is 13.1 Å². The molecule has 1 aromatic carbocycles. The monoisotopic (exact) mass is 280 g/mol. The molecular formula is C15H21ClN2O. The molecule has 1 aliphatic rings. The van der Waals surface area contributed by atoms with E-state index in [-0.39, 0.29) is 17.8 Å². The molecule has 0 aromatic heterocycles. The maximum Gasteiger partial charge on any atom is 0.237 e. The summed E-state index contributed by atoms with van der Waals surface area (Å²) in [6, 6.07) is 9.07. The van der Waals surface area contributed by atoms with Gasteiger partial charge in [-0.2, -0.15) is 0 Å². The fraction of sp³-hybridized carbons (Fsp3) is 0.533. The number of aryl methyl sites for hydroxylation is 1. The van der Waals surface area contributed by atoms with Crippen LogP contribution in [0.4, 0.5) is 5.69 Å². The second-order valence-electron chi connectivity index (χ2n) is 5.37. The lowest BCUT2D eigenvalue weighted by Gasteiger charge is -2.45. The van der Waals surface area contributed by atoms with E-state index >= 15 is 0 Å². The Hall–Kier alpha value is -1.22. The summed E-state index contributed by atoms with van der Waals surface area (Å²) in [5, 5.41) is 0. The van der Waals surface area contributed by atoms with Gasteiger partial charge in [0.1, 0.15) is 5.88 Å². The Bertz CT molecular complexity index is 446. The van der Waals surface area contributed by atoms with E-state index in [1.54, 1.807) is 0 Å². The second-order valence-corrected chi connectivity index (χ2v) is 5.63. The predicted octanol–water partition coefficient (Wildman–Crippen LogP) is 2.66. The fourth-order valence-corrected chi connectivity index (χ4v) is 2.80. The zero-order valence-electron chi connectivity index (χ0n) is 11.8. The highest BCUT2D eigenvalue weighted by atomic mass is 35.5. The summed E-state index contributed by atoms with van der Waals surface area (Å²) in [6.07, 6.45) is 0. The van der Waals surface area contributed by atoms with Gasteiger partial charge >= 0.3 is 0 Å². The third-order valence-corrected chi connectivity index (χ3v) is 4.01. The molecule has 0 saturated carbocycles. The number of hydrogen-bond acceptors (Lipinski definition) is 2. The smallest absolute Gasteiger partial charge is 0.237 e. The van der Waals surface area contributed by atoms with Crippen molar-refractivity contribution in [2.75, 3.05) is 23.9 Å². The molecule has 0 radical (unpaired) electrons. The number of carbonyl (C=O) groups is 1. The van der Waals surface area contributed by atoms with E-state index < -0.39 is 0 Å². The number of hydrogen-bond donors (Lipinski definition) is 0. The van der Waals surface area contributed by atoms with E-state index in [0.29, 0.717) is 6.04 Å². The van der Waals surface area contributed by atoms with Crippen LogP contribution >= 0.6 is 11.6 Å². The van der Waals surface area contributed by atoms with Gasteiger partial charge in [-0.1, -0.05) is 17.7 Å². The molecule has 19 heavy (non-hydrogen) atoms. The molecule has 2 rings (SSSR count). The molecule has 3 nitrogen and oxygen atoms in total. The third-order valence-electron chi connectivity index (χ3n) is 3.79. The lowest BCUT2D eigenvalue weighted by atomic mass is 10.1. The van der Waals surface area contributed by atoms with Crippen LogP contribution in [-0.4, -0.2) is 41.9 Å². The average Bonchev–Trinajstić information content (AvgIpc) is 2.41. The summed E-state index contributed by atoms with van der Waals surface area (Å²) in [4.78, 5) is 16.0. The second kappa shape index (κ2) is 5.83. The molecule has 0 bridgehead atoms. The van der Waals surface area contributed by atoms with Crippen LogP contribution in [0, 0.1) is 6.92 Å². The number of carbonyl (C=O) groups excluding carboxylic acids is 1. The van der Waals surface area contributed by atoms with Crippen LogP contribution in [0.3, 0.4) is 0 Å². The Labute approximate surface area is 120 Å². The van der Waals surface area contributed by atoms with E-state index in [2.05, 4.69) is 49.9 Å². The van der Waals surface area contributed by atoms with Gasteiger partial charge < -0.3 is 9.80 Å². The minimum atomic E-state index is 0.0320. The van der Waals surface area contributed by atoms with Crippen LogP contribution in [0.15, 0.2) is 24.3 Å². The van der Waals surface area contributed by atoms with E-state index in [1.807, 2.05) is 4.90 Å². The lowest BCUT2D eigenvalue weighted by molar-refractivity contribution is -0.131. The number of piperazine rings is 1. The van der Waals surface area contributed by atoms with Gasteiger partial charge in [0.2, 0.25) is 5.91 Å². The van der Waals surface area contributed by atoms with Crippen LogP contribution in [0.25, 0.3) is 0 Å². The van der Waals surface area contributed by atoms with Crippen LogP contribution < -0.4 is 4.90 Å². The number of amides is 1. The number of rotatable bonds is 2. The minimum Gasteiger partial charge on any atom is -0.365 e. The molecule has 104 valence electrons. The number of alkyl halides is 1. The van der Waals surface area contributed by atoms with Crippen molar-refractivity contribution in [2.45, 2.75) is 32.9 Å². The van der Waals surface area contributed by atoms with Crippen molar-refractivity contribution in [3.05, 3.63) is 29.8 Å². The van der Waals surface area contributed by atoms with Crippen molar-refractivity contribution < 1.29 is 4.79 Å². The summed E-state index contributed by atoms with van der Waals surface area (Å²) in [6.45, 7) is 7.91. The highest BCUT2D eigenvalue weighted by Crippen LogP contribution is 2.23. The first-order chi connectivity index (χ1) is 9.02. The largest absolute Gasteiger partial charge is 0.365 e. The van der Waals surface area contributed by atoms with Crippen molar-refractivity contribution in [1.82, 2.24) is 4.90 Å². The Morgan fingerprint density at radius 1 is 1.21 bits per heavy atom. The molecule has 0 N–H and O–H groups in total. The third kappa shape index (κ3) is 3.03. The average molecular weight is 281 g/mol. The summed E-state index contributed by atoms with van der Waals surface area (Å²) >= 11 is 5.66. The molecule has 1 fully saturated rings. The first-order valence-electron chi connectivity index (χ1n) is 6.71. The Morgan fingerprint density at radius 3 is 2.42 bits per heavy atom. The van der Waals surface area contributed by atoms with Gasteiger partial charge in [-0.3, -0.25) is 4.79 Å². The zero-order chi connectivity index (χ0) is 14.0. The number of nitrogens with zero attached hydrogens (tertiary/aromatic N) is 2. The Balaban J connectivity index is 2.14. The molecule has 1 amide bonds. The van der Waals surface area contributed by atoms with E-state index in [4.69, 9.17) is 11.6 Å². The molecule has 0 spiro atoms. The van der Waals surface area contributed by atoms with Gasteiger partial charge in [-0.05, 0) is 32.9 Å². The van der Waals surface area contributed by atoms with Gasteiger partial charge in [-0.25, -0.2) is 0 Å². The molecule has 1 aromatic rings. The van der Waals surface area contributed by atoms with Gasteiger partial charge in [0, 0.05) is 30.9 Å². The van der Waals surface area contributed by atoms with Crippen molar-refractivity contribution in [3.8, 4) is 0 Å². The summed E-state index contributed by atoms with van der Waals surface area (Å²) in [7, 11) is 0. The van der Waals surface area contributed by atoms with Crippen LogP contribution in [0.5, 0.6) is 0 Å². The molecule has 1 heterocycles. The molecular weight excluding hydrogens is 260 g/mol. The van der Waals surface area contributed by atoms with Crippen LogP contribution in [0.2, 0.25) is 0 Å². The molecule has 1 saturated heterocycles. The lowest BCUT2D eigenvalue weighted by Crippen LogP contribution is -2.58. The topological polar surface area (TPSA) is 23.6 Å². The van der Waals surface area contributed by atoms with Gasteiger partial charge in [-0.15, -0.1) is 11.6 Å². The van der Waals surface area contributed by atoms with Crippen molar-refractivity contribution in [3.63, 3.8) is 0 Å². The molecule has 0 unspecified atom stereocenters. The number of anilines is 1. The Morgan fingerprint density at radius 2 is 1.84 bits per heavy atom. The normalized spacial score (nSPS) is 23.6. The van der Waals surface area contributed by atoms with Crippen molar-refractivity contribution in [2.24, 2.45) is 0 Å². The van der Waals surface area contributed by atoms with Crippen LogP contribution in [0.1, 0.15) is 19.4 Å². The number of benzene rings is 1. The maximum atomic E-state index is 11.8. The molecule has 2 atom stereocenters. The van der Waals surface area contributed by atoms with Crippen molar-refractivity contribution in [1.29, 1.82) is 0 Å². The quantitative estimate of drug-likeness (QED) is 0.778. The first-order valence-corrected chi connectivity index (χ1v) is 7.25. The zero-order valence-corrected chi connectivity index (χ0v) is 12.5. The first kappa shape index (κ1) is 14.2. The minimum absolute atomic E-state index is 0.0320. The van der Waals surface area contributed by atoms with Gasteiger partial charge in [0.15, 0.2) is 0 Å². The maximum absolute atomic E-state index is 11.8. The summed E-state index contributed by atoms with van der Waals surface area (Å²) in [5.74, 6) is 0.103. The van der Waals surface area contributed by atoms with E-state index in [1.165, 1.54) is 11.3 Å². The molecule has 4 heteroatoms. The van der Waals surface area contributed by atoms with Crippen molar-refractivity contribution >= 4 is 23.2 Å². The summed E-state index contributed by atoms with van der Waals surface area (Å²) in [5.41, 5.74) is 2.49.